The molecule has 31 heavy (non-hydrogen) atoms. The molecule has 0 aliphatic rings. The molecule has 0 radical (unpaired) electrons. The maximum absolute atomic E-state index is 2.47. The molecule has 164 valence electrons. The number of hydrogen-bond acceptors (Lipinski definition) is 0. The van der Waals surface area contributed by atoms with E-state index < -0.39 is 0 Å². The first-order valence-electron chi connectivity index (χ1n) is 11.9. The molecule has 0 N–H and O–H groups in total. The second kappa shape index (κ2) is 9.43. The van der Waals surface area contributed by atoms with E-state index in [0.29, 0.717) is 5.92 Å². The summed E-state index contributed by atoms with van der Waals surface area (Å²) in [5.41, 5.74) is 12.2. The molecule has 0 saturated heterocycles. The highest BCUT2D eigenvalue weighted by Crippen LogP contribution is 2.48. The van der Waals surface area contributed by atoms with Crippen molar-refractivity contribution in [3.8, 4) is 0 Å². The average molecular weight is 413 g/mol. The van der Waals surface area contributed by atoms with Gasteiger partial charge in [0.15, 0.2) is 0 Å². The Morgan fingerprint density at radius 3 is 1.10 bits per heavy atom. The summed E-state index contributed by atoms with van der Waals surface area (Å²) in [6, 6.07) is 21.5. The van der Waals surface area contributed by atoms with Crippen molar-refractivity contribution in [1.82, 2.24) is 0 Å². The molecule has 1 atom stereocenters. The van der Waals surface area contributed by atoms with Crippen LogP contribution in [-0.4, -0.2) is 0 Å². The van der Waals surface area contributed by atoms with Gasteiger partial charge in [-0.25, -0.2) is 0 Å². The molecule has 0 aliphatic heterocycles. The topological polar surface area (TPSA) is 0 Å². The molecule has 3 aromatic rings. The van der Waals surface area contributed by atoms with E-state index in [-0.39, 0.29) is 5.41 Å². The van der Waals surface area contributed by atoms with Gasteiger partial charge in [0.05, 0.1) is 0 Å². The van der Waals surface area contributed by atoms with Crippen LogP contribution in [-0.2, 0) is 5.41 Å². The van der Waals surface area contributed by atoms with E-state index in [4.69, 9.17) is 0 Å². The standard InChI is InChI=1S/C31H40/c1-9-10-11-27(8)31(28-15-21(2)12-22(3)16-28,29-17-23(4)13-24(5)18-29)30-19-25(6)14-26(7)20-30/h12-20,27H,9-11H2,1-8H3/t27-/m1/s1. The molecule has 0 fully saturated rings. The van der Waals surface area contributed by atoms with Crippen LogP contribution in [0, 0.1) is 47.5 Å². The van der Waals surface area contributed by atoms with Gasteiger partial charge in [-0.05, 0) is 70.6 Å². The Morgan fingerprint density at radius 2 is 0.839 bits per heavy atom. The largest absolute Gasteiger partial charge is 0.0654 e. The molecule has 0 nitrogen and oxygen atoms in total. The van der Waals surface area contributed by atoms with Gasteiger partial charge >= 0.3 is 0 Å². The summed E-state index contributed by atoms with van der Waals surface area (Å²) in [6.45, 7) is 18.2. The van der Waals surface area contributed by atoms with E-state index in [1.807, 2.05) is 0 Å². The van der Waals surface area contributed by atoms with Crippen molar-refractivity contribution in [2.45, 2.75) is 80.1 Å². The minimum atomic E-state index is -0.167. The average Bonchev–Trinajstić information content (AvgIpc) is 2.64. The highest BCUT2D eigenvalue weighted by atomic mass is 14.4. The predicted molar refractivity (Wildman–Crippen MR) is 136 cm³/mol. The zero-order valence-electron chi connectivity index (χ0n) is 20.9. The summed E-state index contributed by atoms with van der Waals surface area (Å²) in [4.78, 5) is 0. The van der Waals surface area contributed by atoms with E-state index in [2.05, 4.69) is 110 Å². The molecule has 3 aromatic carbocycles. The second-order valence-electron chi connectivity index (χ2n) is 9.98. The fraction of sp³-hybridized carbons (Fsp3) is 0.419. The van der Waals surface area contributed by atoms with E-state index in [9.17, 15) is 0 Å². The zero-order chi connectivity index (χ0) is 22.8. The fourth-order valence-corrected chi connectivity index (χ4v) is 5.69. The van der Waals surface area contributed by atoms with Crippen molar-refractivity contribution >= 4 is 0 Å². The van der Waals surface area contributed by atoms with Crippen molar-refractivity contribution < 1.29 is 0 Å². The van der Waals surface area contributed by atoms with Crippen LogP contribution in [0.3, 0.4) is 0 Å². The van der Waals surface area contributed by atoms with Crippen LogP contribution in [0.15, 0.2) is 54.6 Å². The SMILES string of the molecule is CCCC[C@@H](C)C(c1cc(C)cc(C)c1)(c1cc(C)cc(C)c1)c1cc(C)cc(C)c1. The van der Waals surface area contributed by atoms with Crippen molar-refractivity contribution in [1.29, 1.82) is 0 Å². The molecule has 0 spiro atoms. The molecule has 0 amide bonds. The minimum Gasteiger partial charge on any atom is -0.0654 e. The van der Waals surface area contributed by atoms with Gasteiger partial charge in [0.25, 0.3) is 0 Å². The van der Waals surface area contributed by atoms with E-state index in [0.717, 1.165) is 0 Å². The Bertz CT molecular complexity index is 868. The Morgan fingerprint density at radius 1 is 0.548 bits per heavy atom. The van der Waals surface area contributed by atoms with Gasteiger partial charge in [-0.3, -0.25) is 0 Å². The molecular formula is C31H40. The lowest BCUT2D eigenvalue weighted by atomic mass is 9.60. The van der Waals surface area contributed by atoms with E-state index in [1.54, 1.807) is 0 Å². The third kappa shape index (κ3) is 4.79. The summed E-state index contributed by atoms with van der Waals surface area (Å²) >= 11 is 0. The molecule has 3 rings (SSSR count). The summed E-state index contributed by atoms with van der Waals surface area (Å²) in [5.74, 6) is 0.482. The Hall–Kier alpha value is -2.34. The first-order valence-corrected chi connectivity index (χ1v) is 11.9. The van der Waals surface area contributed by atoms with Gasteiger partial charge < -0.3 is 0 Å². The summed E-state index contributed by atoms with van der Waals surface area (Å²) < 4.78 is 0. The quantitative estimate of drug-likeness (QED) is 0.340. The first-order chi connectivity index (χ1) is 14.7. The van der Waals surface area contributed by atoms with Crippen LogP contribution >= 0.6 is 0 Å². The van der Waals surface area contributed by atoms with Gasteiger partial charge in [0.2, 0.25) is 0 Å². The lowest BCUT2D eigenvalue weighted by Gasteiger charge is -2.42. The van der Waals surface area contributed by atoms with Crippen LogP contribution in [0.25, 0.3) is 0 Å². The molecule has 0 aliphatic carbocycles. The maximum Gasteiger partial charge on any atom is 0.0477 e. The number of benzene rings is 3. The predicted octanol–water partition coefficient (Wildman–Crippen LogP) is 8.70. The highest BCUT2D eigenvalue weighted by Gasteiger charge is 2.42. The maximum atomic E-state index is 2.47. The lowest BCUT2D eigenvalue weighted by molar-refractivity contribution is 0.367. The lowest BCUT2D eigenvalue weighted by Crippen LogP contribution is -2.37. The summed E-state index contributed by atoms with van der Waals surface area (Å²) in [5, 5.41) is 0. The Kier molecular flexibility index (Phi) is 7.10. The number of hydrogen-bond donors (Lipinski definition) is 0. The Labute approximate surface area is 190 Å². The first kappa shape index (κ1) is 23.3. The van der Waals surface area contributed by atoms with Crippen molar-refractivity contribution in [3.05, 3.63) is 105 Å². The van der Waals surface area contributed by atoms with Crippen molar-refractivity contribution in [2.24, 2.45) is 5.92 Å². The van der Waals surface area contributed by atoms with Crippen LogP contribution in [0.1, 0.15) is 83.2 Å². The summed E-state index contributed by atoms with van der Waals surface area (Å²) in [7, 11) is 0. The molecule has 0 aromatic heterocycles. The smallest absolute Gasteiger partial charge is 0.0477 e. The van der Waals surface area contributed by atoms with Crippen molar-refractivity contribution in [2.75, 3.05) is 0 Å². The molecular weight excluding hydrogens is 372 g/mol. The van der Waals surface area contributed by atoms with Crippen LogP contribution in [0.5, 0.6) is 0 Å². The third-order valence-electron chi connectivity index (χ3n) is 6.76. The van der Waals surface area contributed by atoms with Gasteiger partial charge in [-0.2, -0.15) is 0 Å². The number of unbranched alkanes of at least 4 members (excludes halogenated alkanes) is 1. The van der Waals surface area contributed by atoms with Gasteiger partial charge in [0.1, 0.15) is 0 Å². The van der Waals surface area contributed by atoms with E-state index in [1.165, 1.54) is 69.3 Å². The Balaban J connectivity index is 2.48. The second-order valence-corrected chi connectivity index (χ2v) is 9.98. The monoisotopic (exact) mass is 412 g/mol. The summed E-state index contributed by atoms with van der Waals surface area (Å²) in [6.07, 6.45) is 3.69. The molecule has 0 saturated carbocycles. The minimum absolute atomic E-state index is 0.167. The third-order valence-corrected chi connectivity index (χ3v) is 6.76. The van der Waals surface area contributed by atoms with E-state index >= 15 is 0 Å². The molecule has 0 unspecified atom stereocenters. The van der Waals surface area contributed by atoms with Gasteiger partial charge in [-0.15, -0.1) is 0 Å². The normalized spacial score (nSPS) is 12.8. The highest BCUT2D eigenvalue weighted by molar-refractivity contribution is 5.55. The molecule has 0 bridgehead atoms. The molecule has 0 heterocycles. The zero-order valence-corrected chi connectivity index (χ0v) is 20.9. The van der Waals surface area contributed by atoms with Crippen LogP contribution in [0.4, 0.5) is 0 Å². The fourth-order valence-electron chi connectivity index (χ4n) is 5.69. The van der Waals surface area contributed by atoms with Gasteiger partial charge in [-0.1, -0.05) is 115 Å². The van der Waals surface area contributed by atoms with Crippen LogP contribution in [0.2, 0.25) is 0 Å². The van der Waals surface area contributed by atoms with Crippen molar-refractivity contribution in [3.63, 3.8) is 0 Å². The van der Waals surface area contributed by atoms with Gasteiger partial charge in [0, 0.05) is 5.41 Å². The number of rotatable bonds is 7. The molecule has 0 heteroatoms. The van der Waals surface area contributed by atoms with Crippen LogP contribution < -0.4 is 0 Å². The number of aryl methyl sites for hydroxylation is 6.